The van der Waals surface area contributed by atoms with E-state index in [4.69, 9.17) is 5.73 Å². The molecule has 0 spiro atoms. The zero-order valence-corrected chi connectivity index (χ0v) is 9.32. The second-order valence-corrected chi connectivity index (χ2v) is 4.78. The highest BCUT2D eigenvalue weighted by atomic mass is 14.6. The van der Waals surface area contributed by atoms with Gasteiger partial charge in [-0.3, -0.25) is 4.98 Å². The van der Waals surface area contributed by atoms with Gasteiger partial charge in [0.1, 0.15) is 0 Å². The zero-order valence-electron chi connectivity index (χ0n) is 9.32. The first-order valence-electron chi connectivity index (χ1n) is 5.88. The van der Waals surface area contributed by atoms with Gasteiger partial charge in [-0.2, -0.15) is 0 Å². The average Bonchev–Trinajstić information content (AvgIpc) is 2.28. The van der Waals surface area contributed by atoms with Crippen molar-refractivity contribution in [3.63, 3.8) is 0 Å². The van der Waals surface area contributed by atoms with Gasteiger partial charge in [-0.1, -0.05) is 24.6 Å². The molecule has 1 aromatic heterocycles. The molecule has 3 rings (SSSR count). The van der Waals surface area contributed by atoms with Gasteiger partial charge in [-0.15, -0.1) is 0 Å². The van der Waals surface area contributed by atoms with Crippen molar-refractivity contribution < 1.29 is 0 Å². The first kappa shape index (κ1) is 9.79. The Morgan fingerprint density at radius 3 is 2.75 bits per heavy atom. The summed E-state index contributed by atoms with van der Waals surface area (Å²) in [5, 5.41) is 2.48. The summed E-state index contributed by atoms with van der Waals surface area (Å²) in [6.07, 6.45) is 7.54. The molecule has 16 heavy (non-hydrogen) atoms. The number of hydrogen-bond donors (Lipinski definition) is 1. The summed E-state index contributed by atoms with van der Waals surface area (Å²) in [4.78, 5) is 4.13. The van der Waals surface area contributed by atoms with Crippen LogP contribution < -0.4 is 5.73 Å². The minimum atomic E-state index is 0.261. The largest absolute Gasteiger partial charge is 0.330 e. The van der Waals surface area contributed by atoms with Crippen molar-refractivity contribution in [2.45, 2.75) is 24.7 Å². The van der Waals surface area contributed by atoms with Crippen LogP contribution in [0.3, 0.4) is 0 Å². The van der Waals surface area contributed by atoms with Crippen LogP contribution in [0.1, 0.15) is 24.8 Å². The topological polar surface area (TPSA) is 38.9 Å². The van der Waals surface area contributed by atoms with E-state index in [1.165, 1.54) is 35.6 Å². The summed E-state index contributed by atoms with van der Waals surface area (Å²) < 4.78 is 0. The minimum absolute atomic E-state index is 0.261. The minimum Gasteiger partial charge on any atom is -0.330 e. The summed E-state index contributed by atoms with van der Waals surface area (Å²) in [7, 11) is 0. The third kappa shape index (κ3) is 1.34. The van der Waals surface area contributed by atoms with Gasteiger partial charge in [0.2, 0.25) is 0 Å². The highest BCUT2D eigenvalue weighted by Gasteiger charge is 2.37. The van der Waals surface area contributed by atoms with Gasteiger partial charge in [0.05, 0.1) is 0 Å². The molecule has 1 heterocycles. The Morgan fingerprint density at radius 1 is 1.19 bits per heavy atom. The van der Waals surface area contributed by atoms with Crippen molar-refractivity contribution in [3.05, 3.63) is 42.2 Å². The van der Waals surface area contributed by atoms with Crippen molar-refractivity contribution in [2.24, 2.45) is 5.73 Å². The van der Waals surface area contributed by atoms with E-state index < -0.39 is 0 Å². The molecule has 0 saturated heterocycles. The predicted molar refractivity (Wildman–Crippen MR) is 66.3 cm³/mol. The number of hydrogen-bond acceptors (Lipinski definition) is 2. The molecule has 2 heteroatoms. The lowest BCUT2D eigenvalue weighted by Crippen LogP contribution is -2.41. The van der Waals surface area contributed by atoms with Gasteiger partial charge in [-0.05, 0) is 29.9 Å². The Bertz CT molecular complexity index is 509. The van der Waals surface area contributed by atoms with Gasteiger partial charge in [-0.25, -0.2) is 0 Å². The molecule has 1 aliphatic carbocycles. The SMILES string of the molecule is NCC1(c2ccc3cnccc3c2)CCC1. The molecule has 2 N–H and O–H groups in total. The summed E-state index contributed by atoms with van der Waals surface area (Å²) in [5.74, 6) is 0. The molecule has 1 aliphatic rings. The number of fused-ring (bicyclic) bond motifs is 1. The van der Waals surface area contributed by atoms with Crippen LogP contribution >= 0.6 is 0 Å². The number of benzene rings is 1. The molecule has 0 aliphatic heterocycles. The van der Waals surface area contributed by atoms with Gasteiger partial charge in [0, 0.05) is 29.7 Å². The second-order valence-electron chi connectivity index (χ2n) is 4.78. The Labute approximate surface area is 95.5 Å². The molecular formula is C14H16N2. The standard InChI is InChI=1S/C14H16N2/c15-10-14(5-1-6-14)13-3-2-12-9-16-7-4-11(12)8-13/h2-4,7-9H,1,5-6,10,15H2. The highest BCUT2D eigenvalue weighted by Crippen LogP contribution is 2.43. The Hall–Kier alpha value is -1.41. The predicted octanol–water partition coefficient (Wildman–Crippen LogP) is 2.62. The molecule has 1 aromatic carbocycles. The fourth-order valence-corrected chi connectivity index (χ4v) is 2.63. The van der Waals surface area contributed by atoms with E-state index in [2.05, 4.69) is 29.2 Å². The smallest absolute Gasteiger partial charge is 0.0346 e. The molecule has 0 atom stereocenters. The third-order valence-corrected chi connectivity index (χ3v) is 3.95. The molecule has 1 fully saturated rings. The Kier molecular flexibility index (Phi) is 2.18. The van der Waals surface area contributed by atoms with Crippen LogP contribution in [-0.2, 0) is 5.41 Å². The molecule has 0 bridgehead atoms. The van der Waals surface area contributed by atoms with E-state index in [1.54, 1.807) is 0 Å². The molecule has 0 amide bonds. The van der Waals surface area contributed by atoms with E-state index in [-0.39, 0.29) is 5.41 Å². The maximum Gasteiger partial charge on any atom is 0.0346 e. The van der Waals surface area contributed by atoms with Crippen LogP contribution in [0.5, 0.6) is 0 Å². The van der Waals surface area contributed by atoms with Gasteiger partial charge >= 0.3 is 0 Å². The fraction of sp³-hybridized carbons (Fsp3) is 0.357. The molecular weight excluding hydrogens is 196 g/mol. The lowest BCUT2D eigenvalue weighted by Gasteiger charge is -2.41. The monoisotopic (exact) mass is 212 g/mol. The highest BCUT2D eigenvalue weighted by molar-refractivity contribution is 5.82. The fourth-order valence-electron chi connectivity index (χ4n) is 2.63. The number of nitrogens with two attached hydrogens (primary N) is 1. The normalized spacial score (nSPS) is 18.3. The van der Waals surface area contributed by atoms with Gasteiger partial charge in [0.15, 0.2) is 0 Å². The maximum atomic E-state index is 5.93. The number of aromatic nitrogens is 1. The molecule has 2 nitrogen and oxygen atoms in total. The summed E-state index contributed by atoms with van der Waals surface area (Å²) in [5.41, 5.74) is 7.60. The van der Waals surface area contributed by atoms with Crippen molar-refractivity contribution in [3.8, 4) is 0 Å². The summed E-state index contributed by atoms with van der Waals surface area (Å²) >= 11 is 0. The van der Waals surface area contributed by atoms with Crippen LogP contribution in [0.15, 0.2) is 36.7 Å². The van der Waals surface area contributed by atoms with E-state index in [0.29, 0.717) is 0 Å². The molecule has 1 saturated carbocycles. The zero-order chi connectivity index (χ0) is 11.0. The van der Waals surface area contributed by atoms with Crippen LogP contribution in [0, 0.1) is 0 Å². The van der Waals surface area contributed by atoms with Gasteiger partial charge < -0.3 is 5.73 Å². The van der Waals surface area contributed by atoms with E-state index in [0.717, 1.165) is 6.54 Å². The summed E-state index contributed by atoms with van der Waals surface area (Å²) in [6.45, 7) is 0.767. The van der Waals surface area contributed by atoms with Crippen LogP contribution in [0.2, 0.25) is 0 Å². The quantitative estimate of drug-likeness (QED) is 0.831. The molecule has 0 radical (unpaired) electrons. The lowest BCUT2D eigenvalue weighted by molar-refractivity contribution is 0.253. The lowest BCUT2D eigenvalue weighted by atomic mass is 9.64. The third-order valence-electron chi connectivity index (χ3n) is 3.95. The van der Waals surface area contributed by atoms with Gasteiger partial charge in [0.25, 0.3) is 0 Å². The Balaban J connectivity index is 2.11. The first-order valence-corrected chi connectivity index (χ1v) is 5.88. The average molecular weight is 212 g/mol. The van der Waals surface area contributed by atoms with Crippen molar-refractivity contribution in [1.29, 1.82) is 0 Å². The molecule has 0 unspecified atom stereocenters. The van der Waals surface area contributed by atoms with E-state index in [1.807, 2.05) is 12.4 Å². The number of nitrogens with zero attached hydrogens (tertiary/aromatic N) is 1. The Morgan fingerprint density at radius 2 is 2.06 bits per heavy atom. The maximum absolute atomic E-state index is 5.93. The number of pyridine rings is 1. The van der Waals surface area contributed by atoms with Crippen LogP contribution in [-0.4, -0.2) is 11.5 Å². The van der Waals surface area contributed by atoms with Crippen LogP contribution in [0.25, 0.3) is 10.8 Å². The van der Waals surface area contributed by atoms with Crippen LogP contribution in [0.4, 0.5) is 0 Å². The van der Waals surface area contributed by atoms with Crippen molar-refractivity contribution >= 4 is 10.8 Å². The second kappa shape index (κ2) is 3.56. The summed E-state index contributed by atoms with van der Waals surface area (Å²) in [6, 6.07) is 8.73. The number of rotatable bonds is 2. The van der Waals surface area contributed by atoms with Crippen molar-refractivity contribution in [2.75, 3.05) is 6.54 Å². The first-order chi connectivity index (χ1) is 7.84. The molecule has 2 aromatic rings. The molecule has 82 valence electrons. The van der Waals surface area contributed by atoms with Crippen molar-refractivity contribution in [1.82, 2.24) is 4.98 Å². The van der Waals surface area contributed by atoms with E-state index in [9.17, 15) is 0 Å². The van der Waals surface area contributed by atoms with E-state index >= 15 is 0 Å².